The third-order valence-electron chi connectivity index (χ3n) is 3.08. The molecule has 2 aromatic rings. The van der Waals surface area contributed by atoms with Crippen molar-refractivity contribution in [1.29, 1.82) is 0 Å². The number of amides is 1. The Balaban J connectivity index is 1.97. The number of halogens is 1. The van der Waals surface area contributed by atoms with E-state index in [4.69, 9.17) is 0 Å². The van der Waals surface area contributed by atoms with Gasteiger partial charge in [0, 0.05) is 19.2 Å². The van der Waals surface area contributed by atoms with Crippen LogP contribution in [0.4, 0.5) is 10.1 Å². The van der Waals surface area contributed by atoms with Gasteiger partial charge in [0.25, 0.3) is 0 Å². The van der Waals surface area contributed by atoms with Crippen molar-refractivity contribution < 1.29 is 17.6 Å². The summed E-state index contributed by atoms with van der Waals surface area (Å²) in [6.45, 7) is 1.54. The quantitative estimate of drug-likeness (QED) is 0.850. The van der Waals surface area contributed by atoms with Gasteiger partial charge in [0.2, 0.25) is 15.9 Å². The zero-order chi connectivity index (χ0) is 16.9. The van der Waals surface area contributed by atoms with E-state index < -0.39 is 10.0 Å². The molecule has 0 heterocycles. The predicted molar refractivity (Wildman–Crippen MR) is 86.0 cm³/mol. The second-order valence-corrected chi connectivity index (χ2v) is 6.75. The highest BCUT2D eigenvalue weighted by Gasteiger charge is 2.13. The van der Waals surface area contributed by atoms with Crippen LogP contribution >= 0.6 is 0 Å². The van der Waals surface area contributed by atoms with E-state index >= 15 is 0 Å². The van der Waals surface area contributed by atoms with Gasteiger partial charge in [0.05, 0.1) is 4.90 Å². The Morgan fingerprint density at radius 2 is 1.83 bits per heavy atom. The van der Waals surface area contributed by atoms with Gasteiger partial charge in [-0.25, -0.2) is 17.5 Å². The molecule has 0 atom stereocenters. The number of benzene rings is 2. The second-order valence-electron chi connectivity index (χ2n) is 4.98. The van der Waals surface area contributed by atoms with E-state index in [1.165, 1.54) is 43.3 Å². The average Bonchev–Trinajstić information content (AvgIpc) is 2.47. The standard InChI is InChI=1S/C16H17FN2O3S/c1-12(20)19-15-5-7-16(8-6-15)23(21,22)18-10-9-13-3-2-4-14(17)11-13/h2-8,11,18H,9-10H2,1H3,(H,19,20). The van der Waals surface area contributed by atoms with Crippen LogP contribution in [0.5, 0.6) is 0 Å². The first-order valence-corrected chi connectivity index (χ1v) is 8.47. The second kappa shape index (κ2) is 7.34. The molecule has 2 aromatic carbocycles. The Labute approximate surface area is 134 Å². The maximum Gasteiger partial charge on any atom is 0.240 e. The molecule has 0 aliphatic carbocycles. The molecule has 0 unspecified atom stereocenters. The number of hydrogen-bond acceptors (Lipinski definition) is 3. The largest absolute Gasteiger partial charge is 0.326 e. The smallest absolute Gasteiger partial charge is 0.240 e. The van der Waals surface area contributed by atoms with Gasteiger partial charge < -0.3 is 5.32 Å². The Morgan fingerprint density at radius 1 is 1.13 bits per heavy atom. The van der Waals surface area contributed by atoms with Crippen molar-refractivity contribution in [3.05, 3.63) is 59.9 Å². The third-order valence-corrected chi connectivity index (χ3v) is 4.56. The number of sulfonamides is 1. The summed E-state index contributed by atoms with van der Waals surface area (Å²) >= 11 is 0. The molecular formula is C16H17FN2O3S. The molecular weight excluding hydrogens is 319 g/mol. The highest BCUT2D eigenvalue weighted by molar-refractivity contribution is 7.89. The van der Waals surface area contributed by atoms with E-state index in [0.29, 0.717) is 17.7 Å². The minimum absolute atomic E-state index is 0.103. The monoisotopic (exact) mass is 336 g/mol. The number of carbonyl (C=O) groups excluding carboxylic acids is 1. The molecule has 0 aliphatic heterocycles. The molecule has 0 bridgehead atoms. The molecule has 7 heteroatoms. The zero-order valence-electron chi connectivity index (χ0n) is 12.5. The van der Waals surface area contributed by atoms with Gasteiger partial charge in [-0.1, -0.05) is 12.1 Å². The summed E-state index contributed by atoms with van der Waals surface area (Å²) in [6.07, 6.45) is 0.390. The van der Waals surface area contributed by atoms with Crippen molar-refractivity contribution in [3.8, 4) is 0 Å². The predicted octanol–water partition coefficient (Wildman–Crippen LogP) is 2.31. The Kier molecular flexibility index (Phi) is 5.46. The van der Waals surface area contributed by atoms with Gasteiger partial charge in [0.1, 0.15) is 5.82 Å². The highest BCUT2D eigenvalue weighted by atomic mass is 32.2. The lowest BCUT2D eigenvalue weighted by molar-refractivity contribution is -0.114. The molecule has 0 saturated carbocycles. The lowest BCUT2D eigenvalue weighted by Crippen LogP contribution is -2.26. The van der Waals surface area contributed by atoms with E-state index in [1.54, 1.807) is 12.1 Å². The lowest BCUT2D eigenvalue weighted by Gasteiger charge is -2.08. The SMILES string of the molecule is CC(=O)Nc1ccc(S(=O)(=O)NCCc2cccc(F)c2)cc1. The summed E-state index contributed by atoms with van der Waals surface area (Å²) in [4.78, 5) is 11.0. The first kappa shape index (κ1) is 17.1. The summed E-state index contributed by atoms with van der Waals surface area (Å²) in [5.74, 6) is -0.576. The Bertz CT molecular complexity index is 789. The van der Waals surface area contributed by atoms with Crippen LogP contribution in [-0.4, -0.2) is 20.9 Å². The van der Waals surface area contributed by atoms with Crippen LogP contribution in [0.2, 0.25) is 0 Å². The molecule has 5 nitrogen and oxygen atoms in total. The van der Waals surface area contributed by atoms with Crippen molar-refractivity contribution in [2.24, 2.45) is 0 Å². The van der Waals surface area contributed by atoms with E-state index in [1.807, 2.05) is 0 Å². The van der Waals surface area contributed by atoms with E-state index in [0.717, 1.165) is 0 Å². The van der Waals surface area contributed by atoms with Gasteiger partial charge in [-0.2, -0.15) is 0 Å². The fourth-order valence-electron chi connectivity index (χ4n) is 2.03. The zero-order valence-corrected chi connectivity index (χ0v) is 13.4. The molecule has 0 spiro atoms. The van der Waals surface area contributed by atoms with E-state index in [-0.39, 0.29) is 23.2 Å². The molecule has 0 aliphatic rings. The van der Waals surface area contributed by atoms with Gasteiger partial charge in [-0.3, -0.25) is 4.79 Å². The topological polar surface area (TPSA) is 75.3 Å². The molecule has 122 valence electrons. The fraction of sp³-hybridized carbons (Fsp3) is 0.188. The molecule has 2 N–H and O–H groups in total. The normalized spacial score (nSPS) is 11.2. The summed E-state index contributed by atoms with van der Waals surface area (Å²) in [5.41, 5.74) is 1.24. The summed E-state index contributed by atoms with van der Waals surface area (Å²) in [7, 11) is -3.64. The molecule has 0 saturated heterocycles. The maximum absolute atomic E-state index is 13.1. The number of rotatable bonds is 6. The van der Waals surface area contributed by atoms with Crippen LogP contribution < -0.4 is 10.0 Å². The number of anilines is 1. The van der Waals surface area contributed by atoms with Gasteiger partial charge in [-0.05, 0) is 48.4 Å². The number of carbonyl (C=O) groups is 1. The van der Waals surface area contributed by atoms with Crippen LogP contribution in [0, 0.1) is 5.82 Å². The van der Waals surface area contributed by atoms with Crippen molar-refractivity contribution in [2.45, 2.75) is 18.2 Å². The van der Waals surface area contributed by atoms with Gasteiger partial charge in [-0.15, -0.1) is 0 Å². The first-order valence-electron chi connectivity index (χ1n) is 6.98. The van der Waals surface area contributed by atoms with Crippen molar-refractivity contribution in [2.75, 3.05) is 11.9 Å². The highest BCUT2D eigenvalue weighted by Crippen LogP contribution is 2.14. The number of nitrogens with one attached hydrogen (secondary N) is 2. The fourth-order valence-corrected chi connectivity index (χ4v) is 3.06. The maximum atomic E-state index is 13.1. The van der Waals surface area contributed by atoms with Gasteiger partial charge in [0.15, 0.2) is 0 Å². The molecule has 0 fully saturated rings. The minimum atomic E-state index is -3.64. The Hall–Kier alpha value is -2.25. The Morgan fingerprint density at radius 3 is 2.43 bits per heavy atom. The molecule has 1 amide bonds. The number of hydrogen-bond donors (Lipinski definition) is 2. The lowest BCUT2D eigenvalue weighted by atomic mass is 10.1. The van der Waals surface area contributed by atoms with Crippen molar-refractivity contribution in [1.82, 2.24) is 4.72 Å². The van der Waals surface area contributed by atoms with Crippen LogP contribution in [0.15, 0.2) is 53.4 Å². The van der Waals surface area contributed by atoms with Crippen molar-refractivity contribution in [3.63, 3.8) is 0 Å². The van der Waals surface area contributed by atoms with Crippen LogP contribution in [0.25, 0.3) is 0 Å². The molecule has 2 rings (SSSR count). The third kappa shape index (κ3) is 5.15. The summed E-state index contributed by atoms with van der Waals surface area (Å²) in [5, 5.41) is 2.56. The van der Waals surface area contributed by atoms with E-state index in [9.17, 15) is 17.6 Å². The minimum Gasteiger partial charge on any atom is -0.326 e. The van der Waals surface area contributed by atoms with Crippen LogP contribution in [0.1, 0.15) is 12.5 Å². The van der Waals surface area contributed by atoms with Crippen molar-refractivity contribution >= 4 is 21.6 Å². The molecule has 0 aromatic heterocycles. The average molecular weight is 336 g/mol. The molecule has 0 radical (unpaired) electrons. The summed E-state index contributed by atoms with van der Waals surface area (Å²) in [6, 6.07) is 11.9. The first-order chi connectivity index (χ1) is 10.9. The van der Waals surface area contributed by atoms with Crippen LogP contribution in [-0.2, 0) is 21.2 Å². The summed E-state index contributed by atoms with van der Waals surface area (Å²) < 4.78 is 39.8. The van der Waals surface area contributed by atoms with E-state index in [2.05, 4.69) is 10.0 Å². The molecule has 23 heavy (non-hydrogen) atoms. The van der Waals surface area contributed by atoms with Crippen LogP contribution in [0.3, 0.4) is 0 Å². The van der Waals surface area contributed by atoms with Gasteiger partial charge >= 0.3 is 0 Å².